The number of methoxy groups -OCH3 is 3. The molecule has 4 rings (SSSR count). The summed E-state index contributed by atoms with van der Waals surface area (Å²) in [6.45, 7) is 1.86. The summed E-state index contributed by atoms with van der Waals surface area (Å²) in [4.78, 5) is 27.5. The molecular formula is C27H29NO5S. The molecule has 0 aromatic heterocycles. The first kappa shape index (κ1) is 24.0. The van der Waals surface area contributed by atoms with E-state index >= 15 is 0 Å². The van der Waals surface area contributed by atoms with Crippen LogP contribution in [-0.2, 0) is 14.3 Å². The van der Waals surface area contributed by atoms with Crippen LogP contribution in [0.15, 0.2) is 69.9 Å². The number of Topliss-reactive ketones (excluding diaryl/α,β-unsaturated/α-hetero) is 1. The van der Waals surface area contributed by atoms with Gasteiger partial charge >= 0.3 is 5.97 Å². The maximum atomic E-state index is 13.6. The Balaban J connectivity index is 1.77. The largest absolute Gasteiger partial charge is 0.493 e. The zero-order chi connectivity index (χ0) is 24.4. The summed E-state index contributed by atoms with van der Waals surface area (Å²) in [6, 6.07) is 13.8. The average molecular weight is 480 g/mol. The number of ether oxygens (including phenoxy) is 3. The fourth-order valence-corrected chi connectivity index (χ4v) is 5.30. The van der Waals surface area contributed by atoms with Gasteiger partial charge in [0, 0.05) is 34.2 Å². The quantitative estimate of drug-likeness (QED) is 0.464. The number of allylic oxidation sites excluding steroid dienone is 3. The summed E-state index contributed by atoms with van der Waals surface area (Å²) in [5, 5.41) is 3.36. The van der Waals surface area contributed by atoms with Crippen LogP contribution in [0.4, 0.5) is 0 Å². The molecule has 0 amide bonds. The number of hydrogen-bond donors (Lipinski definition) is 1. The van der Waals surface area contributed by atoms with Gasteiger partial charge in [-0.1, -0.05) is 18.2 Å². The third-order valence-electron chi connectivity index (χ3n) is 6.56. The Morgan fingerprint density at radius 3 is 2.26 bits per heavy atom. The molecule has 1 aliphatic heterocycles. The fraction of sp³-hybridized carbons (Fsp3) is 0.333. The maximum Gasteiger partial charge on any atom is 0.336 e. The van der Waals surface area contributed by atoms with E-state index in [1.807, 2.05) is 55.6 Å². The molecule has 0 fully saturated rings. The highest BCUT2D eigenvalue weighted by Crippen LogP contribution is 2.46. The first-order chi connectivity index (χ1) is 16.4. The molecule has 34 heavy (non-hydrogen) atoms. The fourth-order valence-electron chi connectivity index (χ4n) is 4.89. The van der Waals surface area contributed by atoms with Gasteiger partial charge in [0.25, 0.3) is 0 Å². The molecule has 0 saturated heterocycles. The molecule has 2 aromatic rings. The molecule has 2 aliphatic rings. The third kappa shape index (κ3) is 4.32. The molecule has 0 saturated carbocycles. The summed E-state index contributed by atoms with van der Waals surface area (Å²) in [5.41, 5.74) is 4.63. The number of rotatable bonds is 6. The Hall–Kier alpha value is -3.19. The lowest BCUT2D eigenvalue weighted by Crippen LogP contribution is -2.36. The van der Waals surface area contributed by atoms with Gasteiger partial charge in [0.05, 0.1) is 26.9 Å². The lowest BCUT2D eigenvalue weighted by molar-refractivity contribution is -0.136. The number of ketones is 1. The minimum atomic E-state index is -0.460. The first-order valence-electron chi connectivity index (χ1n) is 11.1. The van der Waals surface area contributed by atoms with Gasteiger partial charge in [0.2, 0.25) is 0 Å². The van der Waals surface area contributed by atoms with Crippen molar-refractivity contribution >= 4 is 23.5 Å². The van der Waals surface area contributed by atoms with Crippen LogP contribution < -0.4 is 14.8 Å². The number of hydrogen-bond acceptors (Lipinski definition) is 7. The van der Waals surface area contributed by atoms with E-state index in [0.29, 0.717) is 41.2 Å². The van der Waals surface area contributed by atoms with Crippen LogP contribution in [0.1, 0.15) is 42.7 Å². The first-order valence-corrected chi connectivity index (χ1v) is 12.3. The van der Waals surface area contributed by atoms with Gasteiger partial charge in [0.1, 0.15) is 0 Å². The predicted octanol–water partition coefficient (Wildman–Crippen LogP) is 4.96. The third-order valence-corrected chi connectivity index (χ3v) is 7.30. The molecule has 0 spiro atoms. The number of esters is 1. The van der Waals surface area contributed by atoms with Crippen LogP contribution in [0, 0.1) is 0 Å². The second-order valence-electron chi connectivity index (χ2n) is 8.40. The number of carbonyl (C=O) groups excluding carboxylic acids is 2. The molecule has 7 heteroatoms. The van der Waals surface area contributed by atoms with Gasteiger partial charge in [0.15, 0.2) is 17.3 Å². The molecule has 2 aromatic carbocycles. The Labute approximate surface area is 204 Å². The monoisotopic (exact) mass is 479 g/mol. The van der Waals surface area contributed by atoms with Crippen LogP contribution in [0.2, 0.25) is 0 Å². The number of dihydropyridines is 1. The summed E-state index contributed by atoms with van der Waals surface area (Å²) in [7, 11) is 4.58. The molecule has 0 bridgehead atoms. The van der Waals surface area contributed by atoms with Gasteiger partial charge in [-0.25, -0.2) is 4.79 Å². The molecule has 1 aliphatic carbocycles. The highest BCUT2D eigenvalue weighted by molar-refractivity contribution is 7.98. The average Bonchev–Trinajstić information content (AvgIpc) is 2.86. The van der Waals surface area contributed by atoms with Crippen molar-refractivity contribution in [2.45, 2.75) is 36.5 Å². The molecule has 1 heterocycles. The lowest BCUT2D eigenvalue weighted by atomic mass is 9.71. The van der Waals surface area contributed by atoms with Crippen LogP contribution in [0.25, 0.3) is 0 Å². The zero-order valence-corrected chi connectivity index (χ0v) is 20.9. The highest BCUT2D eigenvalue weighted by Gasteiger charge is 2.41. The van der Waals surface area contributed by atoms with E-state index in [0.717, 1.165) is 21.7 Å². The molecule has 1 N–H and O–H groups in total. The molecule has 0 unspecified atom stereocenters. The van der Waals surface area contributed by atoms with E-state index in [1.54, 1.807) is 26.0 Å². The highest BCUT2D eigenvalue weighted by atomic mass is 32.2. The maximum absolute atomic E-state index is 13.6. The predicted molar refractivity (Wildman–Crippen MR) is 132 cm³/mol. The number of carbonyl (C=O) groups is 2. The molecule has 2 atom stereocenters. The van der Waals surface area contributed by atoms with Crippen LogP contribution >= 0.6 is 11.8 Å². The zero-order valence-electron chi connectivity index (χ0n) is 20.1. The molecule has 0 radical (unpaired) electrons. The second kappa shape index (κ2) is 9.97. The molecule has 178 valence electrons. The summed E-state index contributed by atoms with van der Waals surface area (Å²) in [6.07, 6.45) is 3.02. The smallest absolute Gasteiger partial charge is 0.336 e. The lowest BCUT2D eigenvalue weighted by Gasteiger charge is -2.36. The van der Waals surface area contributed by atoms with Crippen LogP contribution in [0.3, 0.4) is 0 Å². The van der Waals surface area contributed by atoms with Crippen molar-refractivity contribution in [1.29, 1.82) is 0 Å². The van der Waals surface area contributed by atoms with Crippen molar-refractivity contribution in [2.24, 2.45) is 0 Å². The van der Waals surface area contributed by atoms with Crippen molar-refractivity contribution in [3.05, 3.63) is 76.1 Å². The van der Waals surface area contributed by atoms with E-state index < -0.39 is 11.9 Å². The van der Waals surface area contributed by atoms with Crippen LogP contribution in [0.5, 0.6) is 11.5 Å². The summed E-state index contributed by atoms with van der Waals surface area (Å²) in [5.74, 6) is 0.426. The SMILES string of the molecule is COC(=O)C1=C(C)NC2=C(C(=O)C[C@H](c3ccc(OC)c(OC)c3)C2)[C@@H]1c1ccc(SC)cc1. The second-order valence-corrected chi connectivity index (χ2v) is 9.28. The Bertz CT molecular complexity index is 1180. The van der Waals surface area contributed by atoms with Crippen molar-refractivity contribution in [2.75, 3.05) is 27.6 Å². The van der Waals surface area contributed by atoms with Crippen molar-refractivity contribution in [3.8, 4) is 11.5 Å². The van der Waals surface area contributed by atoms with Crippen LogP contribution in [-0.4, -0.2) is 39.3 Å². The summed E-state index contributed by atoms with van der Waals surface area (Å²) >= 11 is 1.65. The molecule has 6 nitrogen and oxygen atoms in total. The van der Waals surface area contributed by atoms with Crippen molar-refractivity contribution in [1.82, 2.24) is 5.32 Å². The van der Waals surface area contributed by atoms with E-state index in [2.05, 4.69) is 5.32 Å². The van der Waals surface area contributed by atoms with Gasteiger partial charge in [-0.3, -0.25) is 4.79 Å². The van der Waals surface area contributed by atoms with E-state index in [-0.39, 0.29) is 11.7 Å². The summed E-state index contributed by atoms with van der Waals surface area (Å²) < 4.78 is 15.9. The number of thioether (sulfide) groups is 1. The topological polar surface area (TPSA) is 73.9 Å². The van der Waals surface area contributed by atoms with Gasteiger partial charge in [-0.05, 0) is 60.9 Å². The number of nitrogens with one attached hydrogen (secondary N) is 1. The van der Waals surface area contributed by atoms with Gasteiger partial charge in [-0.15, -0.1) is 11.8 Å². The minimum Gasteiger partial charge on any atom is -0.493 e. The van der Waals surface area contributed by atoms with E-state index in [1.165, 1.54) is 7.11 Å². The standard InChI is InChI=1S/C27H29NO5S/c1-15-24(27(30)33-4)25(16-6-9-19(34-5)10-7-16)26-20(28-15)12-18(13-21(26)29)17-8-11-22(31-2)23(14-17)32-3/h6-11,14,18,25,28H,12-13H2,1-5H3/t18-,25-/m1/s1. The Kier molecular flexibility index (Phi) is 7.03. The van der Waals surface area contributed by atoms with E-state index in [4.69, 9.17) is 14.2 Å². The van der Waals surface area contributed by atoms with Gasteiger partial charge < -0.3 is 19.5 Å². The van der Waals surface area contributed by atoms with Crippen molar-refractivity contribution in [3.63, 3.8) is 0 Å². The Morgan fingerprint density at radius 2 is 1.65 bits per heavy atom. The molecular weight excluding hydrogens is 450 g/mol. The minimum absolute atomic E-state index is 0.00875. The van der Waals surface area contributed by atoms with Gasteiger partial charge in [-0.2, -0.15) is 0 Å². The Morgan fingerprint density at radius 1 is 0.971 bits per heavy atom. The van der Waals surface area contributed by atoms with E-state index in [9.17, 15) is 9.59 Å². The normalized spacial score (nSPS) is 20.0. The van der Waals surface area contributed by atoms with Crippen molar-refractivity contribution < 1.29 is 23.8 Å². The number of benzene rings is 2.